The molecule has 0 aliphatic rings. The Morgan fingerprint density at radius 1 is 1.11 bits per heavy atom. The van der Waals surface area contributed by atoms with Crippen molar-refractivity contribution in [3.8, 4) is 11.5 Å². The Labute approximate surface area is 120 Å². The second-order valence-corrected chi connectivity index (χ2v) is 5.14. The fourth-order valence-electron chi connectivity index (χ4n) is 1.67. The predicted octanol–water partition coefficient (Wildman–Crippen LogP) is 3.87. The van der Waals surface area contributed by atoms with Gasteiger partial charge in [-0.3, -0.25) is 4.79 Å². The third-order valence-corrected chi connectivity index (χ3v) is 3.33. The summed E-state index contributed by atoms with van der Waals surface area (Å²) in [5.74, 6) is 0.533. The van der Waals surface area contributed by atoms with Crippen LogP contribution in [0.25, 0.3) is 0 Å². The van der Waals surface area contributed by atoms with E-state index in [0.29, 0.717) is 12.2 Å². The number of rotatable bonds is 5. The van der Waals surface area contributed by atoms with Crippen molar-refractivity contribution in [3.63, 3.8) is 0 Å². The number of para-hydroxylation sites is 2. The fraction of sp³-hybridized carbons (Fsp3) is 0.133. The van der Waals surface area contributed by atoms with Crippen LogP contribution in [-0.4, -0.2) is 15.9 Å². The third kappa shape index (κ3) is 3.83. The van der Waals surface area contributed by atoms with Gasteiger partial charge in [-0.15, -0.1) is 0 Å². The molecule has 2 rings (SSSR count). The molecule has 0 bridgehead atoms. The van der Waals surface area contributed by atoms with Gasteiger partial charge < -0.3 is 9.84 Å². The van der Waals surface area contributed by atoms with Gasteiger partial charge in [0.1, 0.15) is 16.3 Å². The van der Waals surface area contributed by atoms with Crippen molar-refractivity contribution in [1.29, 1.82) is 0 Å². The van der Waals surface area contributed by atoms with Crippen LogP contribution in [0.5, 0.6) is 11.5 Å². The molecule has 2 aromatic rings. The van der Waals surface area contributed by atoms with E-state index in [4.69, 9.17) is 9.84 Å². The number of hydrogen-bond donors (Lipinski definition) is 1. The average Bonchev–Trinajstić information content (AvgIpc) is 2.42. The largest absolute Gasteiger partial charge is 0.480 e. The maximum Gasteiger partial charge on any atom is 0.317 e. The molecule has 0 spiro atoms. The lowest BCUT2D eigenvalue weighted by Crippen LogP contribution is -2.15. The monoisotopic (exact) mass is 320 g/mol. The van der Waals surface area contributed by atoms with Crippen LogP contribution in [-0.2, 0) is 11.2 Å². The summed E-state index contributed by atoms with van der Waals surface area (Å²) in [6.45, 7) is 0. The summed E-state index contributed by atoms with van der Waals surface area (Å²) < 4.78 is 5.78. The number of carbonyl (C=O) groups is 1. The van der Waals surface area contributed by atoms with Crippen LogP contribution in [0.4, 0.5) is 0 Å². The van der Waals surface area contributed by atoms with Gasteiger partial charge in [-0.25, -0.2) is 0 Å². The van der Waals surface area contributed by atoms with Crippen molar-refractivity contribution in [3.05, 3.63) is 60.2 Å². The molecule has 0 aliphatic heterocycles. The van der Waals surface area contributed by atoms with E-state index >= 15 is 0 Å². The minimum atomic E-state index is -0.880. The Kier molecular flexibility index (Phi) is 4.58. The Morgan fingerprint density at radius 3 is 2.42 bits per heavy atom. The average molecular weight is 321 g/mol. The number of halogens is 1. The quantitative estimate of drug-likeness (QED) is 0.851. The zero-order valence-electron chi connectivity index (χ0n) is 10.1. The SMILES string of the molecule is O=C(O)[C@@H](Br)Cc1ccccc1Oc1ccccc1. The highest BCUT2D eigenvalue weighted by Crippen LogP contribution is 2.27. The summed E-state index contributed by atoms with van der Waals surface area (Å²) in [7, 11) is 0. The molecule has 1 N–H and O–H groups in total. The first-order valence-corrected chi connectivity index (χ1v) is 6.76. The molecule has 0 amide bonds. The summed E-state index contributed by atoms with van der Waals surface area (Å²) in [6.07, 6.45) is 0.373. The minimum Gasteiger partial charge on any atom is -0.480 e. The second-order valence-electron chi connectivity index (χ2n) is 4.03. The van der Waals surface area contributed by atoms with Gasteiger partial charge in [-0.1, -0.05) is 52.3 Å². The summed E-state index contributed by atoms with van der Waals surface area (Å²) in [5.41, 5.74) is 0.857. The molecule has 2 aromatic carbocycles. The van der Waals surface area contributed by atoms with Gasteiger partial charge in [0.05, 0.1) is 0 Å². The molecule has 4 heteroatoms. The van der Waals surface area contributed by atoms with Crippen LogP contribution < -0.4 is 4.74 Å². The molecule has 0 aliphatic carbocycles. The van der Waals surface area contributed by atoms with E-state index in [1.165, 1.54) is 0 Å². The van der Waals surface area contributed by atoms with Gasteiger partial charge in [0.2, 0.25) is 0 Å². The molecule has 98 valence electrons. The number of hydrogen-bond acceptors (Lipinski definition) is 2. The standard InChI is InChI=1S/C15H13BrO3/c16-13(15(17)18)10-11-6-4-5-9-14(11)19-12-7-2-1-3-8-12/h1-9,13H,10H2,(H,17,18)/t13-/m0/s1. The van der Waals surface area contributed by atoms with E-state index in [0.717, 1.165) is 11.3 Å². The van der Waals surface area contributed by atoms with Crippen molar-refractivity contribution in [2.45, 2.75) is 11.2 Å². The third-order valence-electron chi connectivity index (χ3n) is 2.61. The van der Waals surface area contributed by atoms with Gasteiger partial charge in [0, 0.05) is 0 Å². The minimum absolute atomic E-state index is 0.373. The number of benzene rings is 2. The van der Waals surface area contributed by atoms with Crippen LogP contribution in [0.15, 0.2) is 54.6 Å². The molecule has 1 atom stereocenters. The Morgan fingerprint density at radius 2 is 1.74 bits per heavy atom. The summed E-state index contributed by atoms with van der Waals surface area (Å²) >= 11 is 3.14. The van der Waals surface area contributed by atoms with Gasteiger partial charge in [0.15, 0.2) is 0 Å². The molecular formula is C15H13BrO3. The molecule has 0 aromatic heterocycles. The van der Waals surface area contributed by atoms with Crippen LogP contribution >= 0.6 is 15.9 Å². The second kappa shape index (κ2) is 6.38. The van der Waals surface area contributed by atoms with Gasteiger partial charge in [0.25, 0.3) is 0 Å². The fourth-order valence-corrected chi connectivity index (χ4v) is 2.02. The lowest BCUT2D eigenvalue weighted by atomic mass is 10.1. The molecule has 0 fully saturated rings. The molecule has 0 radical (unpaired) electrons. The smallest absolute Gasteiger partial charge is 0.317 e. The topological polar surface area (TPSA) is 46.5 Å². The zero-order chi connectivity index (χ0) is 13.7. The van der Waals surface area contributed by atoms with Gasteiger partial charge >= 0.3 is 5.97 Å². The van der Waals surface area contributed by atoms with Crippen molar-refractivity contribution in [2.75, 3.05) is 0 Å². The molecule has 0 unspecified atom stereocenters. The van der Waals surface area contributed by atoms with Gasteiger partial charge in [-0.05, 0) is 30.2 Å². The van der Waals surface area contributed by atoms with Gasteiger partial charge in [-0.2, -0.15) is 0 Å². The Bertz CT molecular complexity index is 554. The maximum atomic E-state index is 10.9. The maximum absolute atomic E-state index is 10.9. The molecule has 19 heavy (non-hydrogen) atoms. The van der Waals surface area contributed by atoms with E-state index in [9.17, 15) is 4.79 Å². The number of aliphatic carboxylic acids is 1. The summed E-state index contributed by atoms with van der Waals surface area (Å²) in [5, 5.41) is 8.94. The van der Waals surface area contributed by atoms with Crippen molar-refractivity contribution >= 4 is 21.9 Å². The van der Waals surface area contributed by atoms with Crippen molar-refractivity contribution < 1.29 is 14.6 Å². The van der Waals surface area contributed by atoms with Crippen LogP contribution in [0.1, 0.15) is 5.56 Å². The Hall–Kier alpha value is -1.81. The highest BCUT2D eigenvalue weighted by Gasteiger charge is 2.16. The van der Waals surface area contributed by atoms with Crippen LogP contribution in [0.3, 0.4) is 0 Å². The number of ether oxygens (including phenoxy) is 1. The van der Waals surface area contributed by atoms with E-state index in [1.807, 2.05) is 54.6 Å². The van der Waals surface area contributed by atoms with Crippen molar-refractivity contribution in [2.24, 2.45) is 0 Å². The first kappa shape index (κ1) is 13.6. The molecule has 0 saturated heterocycles. The Balaban J connectivity index is 2.19. The van der Waals surface area contributed by atoms with Crippen molar-refractivity contribution in [1.82, 2.24) is 0 Å². The lowest BCUT2D eigenvalue weighted by molar-refractivity contribution is -0.136. The van der Waals surface area contributed by atoms with E-state index in [-0.39, 0.29) is 0 Å². The highest BCUT2D eigenvalue weighted by molar-refractivity contribution is 9.10. The van der Waals surface area contributed by atoms with Crippen LogP contribution in [0.2, 0.25) is 0 Å². The summed E-state index contributed by atoms with van der Waals surface area (Å²) in [4.78, 5) is 10.3. The predicted molar refractivity (Wildman–Crippen MR) is 77.0 cm³/mol. The van der Waals surface area contributed by atoms with Crippen LogP contribution in [0, 0.1) is 0 Å². The lowest BCUT2D eigenvalue weighted by Gasteiger charge is -2.12. The van der Waals surface area contributed by atoms with E-state index in [2.05, 4.69) is 15.9 Å². The molecule has 0 saturated carbocycles. The van der Waals surface area contributed by atoms with E-state index < -0.39 is 10.8 Å². The molecule has 3 nitrogen and oxygen atoms in total. The summed E-state index contributed by atoms with van der Waals surface area (Å²) in [6, 6.07) is 16.9. The van der Waals surface area contributed by atoms with E-state index in [1.54, 1.807) is 0 Å². The number of alkyl halides is 1. The first-order valence-electron chi connectivity index (χ1n) is 5.84. The molecular weight excluding hydrogens is 308 g/mol. The zero-order valence-corrected chi connectivity index (χ0v) is 11.7. The first-order chi connectivity index (χ1) is 9.16. The normalized spacial score (nSPS) is 11.8. The highest BCUT2D eigenvalue weighted by atomic mass is 79.9. The number of carboxylic acids is 1. The molecule has 0 heterocycles. The number of carboxylic acid groups (broad SMARTS) is 1.